The maximum Gasteiger partial charge on any atom is 0.160 e. The lowest BCUT2D eigenvalue weighted by atomic mass is 10.2. The van der Waals surface area contributed by atoms with E-state index < -0.39 is 0 Å². The molecule has 0 amide bonds. The third kappa shape index (κ3) is 3.46. The molecule has 5 heteroatoms. The Kier molecular flexibility index (Phi) is 4.61. The standard InChI is InChI=1S/C19H20N4O/c1-22(2)17-8-4-15(5-9-17)14-21-23-13-12-20-19(23)16-6-10-18(24-3)11-7-16/h4-14H,1-3H3/b21-14+. The van der Waals surface area contributed by atoms with E-state index in [0.29, 0.717) is 0 Å². The van der Waals surface area contributed by atoms with Gasteiger partial charge in [0.05, 0.1) is 13.3 Å². The summed E-state index contributed by atoms with van der Waals surface area (Å²) in [5.74, 6) is 1.61. The van der Waals surface area contributed by atoms with E-state index in [2.05, 4.69) is 27.1 Å². The number of aromatic nitrogens is 2. The van der Waals surface area contributed by atoms with Gasteiger partial charge in [-0.15, -0.1) is 0 Å². The molecule has 0 fully saturated rings. The molecule has 0 atom stereocenters. The van der Waals surface area contributed by atoms with Crippen molar-refractivity contribution in [3.63, 3.8) is 0 Å². The number of nitrogens with zero attached hydrogens (tertiary/aromatic N) is 4. The maximum absolute atomic E-state index is 5.19. The number of hydrogen-bond donors (Lipinski definition) is 0. The Morgan fingerprint density at radius 2 is 1.75 bits per heavy atom. The van der Waals surface area contributed by atoms with Crippen LogP contribution in [0.25, 0.3) is 11.4 Å². The number of imidazole rings is 1. The number of anilines is 1. The SMILES string of the molecule is COc1ccc(-c2nccn2/N=C/c2ccc(N(C)C)cc2)cc1. The summed E-state index contributed by atoms with van der Waals surface area (Å²) in [7, 11) is 5.70. The molecule has 0 aliphatic heterocycles. The van der Waals surface area contributed by atoms with E-state index in [1.165, 1.54) is 0 Å². The molecule has 0 aliphatic carbocycles. The lowest BCUT2D eigenvalue weighted by molar-refractivity contribution is 0.415. The summed E-state index contributed by atoms with van der Waals surface area (Å²) >= 11 is 0. The molecule has 3 aromatic rings. The van der Waals surface area contributed by atoms with Crippen molar-refractivity contribution < 1.29 is 4.74 Å². The fourth-order valence-electron chi connectivity index (χ4n) is 2.32. The van der Waals surface area contributed by atoms with E-state index >= 15 is 0 Å². The van der Waals surface area contributed by atoms with Crippen LogP contribution in [0.2, 0.25) is 0 Å². The van der Waals surface area contributed by atoms with Gasteiger partial charge in [-0.05, 0) is 42.0 Å². The quantitative estimate of drug-likeness (QED) is 0.676. The monoisotopic (exact) mass is 320 g/mol. The maximum atomic E-state index is 5.19. The molecule has 0 N–H and O–H groups in total. The minimum atomic E-state index is 0.791. The first-order valence-electron chi connectivity index (χ1n) is 7.67. The Bertz CT molecular complexity index is 817. The van der Waals surface area contributed by atoms with Crippen molar-refractivity contribution in [2.45, 2.75) is 0 Å². The first-order valence-corrected chi connectivity index (χ1v) is 7.67. The van der Waals surface area contributed by atoms with Gasteiger partial charge in [0.25, 0.3) is 0 Å². The topological polar surface area (TPSA) is 42.6 Å². The molecule has 5 nitrogen and oxygen atoms in total. The average molecular weight is 320 g/mol. The van der Waals surface area contributed by atoms with Gasteiger partial charge in [0.15, 0.2) is 5.82 Å². The third-order valence-electron chi connectivity index (χ3n) is 3.71. The molecule has 0 radical (unpaired) electrons. The number of hydrogen-bond acceptors (Lipinski definition) is 4. The Labute approximate surface area is 141 Å². The van der Waals surface area contributed by atoms with E-state index in [4.69, 9.17) is 4.74 Å². The van der Waals surface area contributed by atoms with Gasteiger partial charge in [-0.3, -0.25) is 0 Å². The lowest BCUT2D eigenvalue weighted by Crippen LogP contribution is -2.08. The van der Waals surface area contributed by atoms with Gasteiger partial charge < -0.3 is 9.64 Å². The molecule has 2 aromatic carbocycles. The fraction of sp³-hybridized carbons (Fsp3) is 0.158. The zero-order valence-electron chi connectivity index (χ0n) is 14.0. The highest BCUT2D eigenvalue weighted by Gasteiger charge is 2.05. The highest BCUT2D eigenvalue weighted by atomic mass is 16.5. The van der Waals surface area contributed by atoms with Gasteiger partial charge in [-0.1, -0.05) is 12.1 Å². The number of ether oxygens (including phenoxy) is 1. The largest absolute Gasteiger partial charge is 0.497 e. The van der Waals surface area contributed by atoms with Crippen LogP contribution < -0.4 is 9.64 Å². The molecule has 0 saturated carbocycles. The molecule has 0 unspecified atom stereocenters. The molecule has 122 valence electrons. The lowest BCUT2D eigenvalue weighted by Gasteiger charge is -2.11. The molecular formula is C19H20N4O. The van der Waals surface area contributed by atoms with Gasteiger partial charge in [-0.25, -0.2) is 9.66 Å². The van der Waals surface area contributed by atoms with E-state index in [9.17, 15) is 0 Å². The zero-order valence-corrected chi connectivity index (χ0v) is 14.0. The third-order valence-corrected chi connectivity index (χ3v) is 3.71. The van der Waals surface area contributed by atoms with Crippen LogP contribution in [0.1, 0.15) is 5.56 Å². The number of benzene rings is 2. The molecule has 0 spiro atoms. The van der Waals surface area contributed by atoms with Crippen molar-refractivity contribution in [2.75, 3.05) is 26.1 Å². The molecule has 0 aliphatic rings. The Hall–Kier alpha value is -3.08. The van der Waals surface area contributed by atoms with Crippen molar-refractivity contribution in [1.82, 2.24) is 9.66 Å². The van der Waals surface area contributed by atoms with Crippen LogP contribution in [0, 0.1) is 0 Å². The second kappa shape index (κ2) is 7.00. The predicted molar refractivity (Wildman–Crippen MR) is 98.0 cm³/mol. The van der Waals surface area contributed by atoms with Gasteiger partial charge in [0, 0.05) is 37.7 Å². The Morgan fingerprint density at radius 3 is 2.38 bits per heavy atom. The molecule has 3 rings (SSSR count). The summed E-state index contributed by atoms with van der Waals surface area (Å²) < 4.78 is 6.95. The van der Waals surface area contributed by atoms with Crippen molar-refractivity contribution in [3.8, 4) is 17.1 Å². The van der Waals surface area contributed by atoms with Crippen molar-refractivity contribution in [2.24, 2.45) is 5.10 Å². The van der Waals surface area contributed by atoms with Gasteiger partial charge in [0.2, 0.25) is 0 Å². The summed E-state index contributed by atoms with van der Waals surface area (Å²) in [6.07, 6.45) is 5.41. The normalized spacial score (nSPS) is 11.0. The summed E-state index contributed by atoms with van der Waals surface area (Å²) in [6.45, 7) is 0. The van der Waals surface area contributed by atoms with Crippen LogP contribution in [0.4, 0.5) is 5.69 Å². The second-order valence-corrected chi connectivity index (χ2v) is 5.55. The Balaban J connectivity index is 1.82. The van der Waals surface area contributed by atoms with Crippen LogP contribution in [0.5, 0.6) is 5.75 Å². The zero-order chi connectivity index (χ0) is 16.9. The van der Waals surface area contributed by atoms with Crippen LogP contribution in [0.15, 0.2) is 66.0 Å². The van der Waals surface area contributed by atoms with Crippen molar-refractivity contribution in [3.05, 3.63) is 66.5 Å². The highest BCUT2D eigenvalue weighted by molar-refractivity contribution is 5.80. The van der Waals surface area contributed by atoms with Crippen molar-refractivity contribution in [1.29, 1.82) is 0 Å². The molecule has 0 bridgehead atoms. The summed E-state index contributed by atoms with van der Waals surface area (Å²) in [6, 6.07) is 16.0. The fourth-order valence-corrected chi connectivity index (χ4v) is 2.32. The molecule has 0 saturated heterocycles. The molecule has 24 heavy (non-hydrogen) atoms. The molecule has 1 heterocycles. The first-order chi connectivity index (χ1) is 11.7. The van der Waals surface area contributed by atoms with Crippen LogP contribution in [-0.4, -0.2) is 37.1 Å². The van der Waals surface area contributed by atoms with Crippen LogP contribution in [-0.2, 0) is 0 Å². The summed E-state index contributed by atoms with van der Waals surface area (Å²) in [5, 5.41) is 4.51. The van der Waals surface area contributed by atoms with E-state index in [-0.39, 0.29) is 0 Å². The molecular weight excluding hydrogens is 300 g/mol. The Morgan fingerprint density at radius 1 is 1.04 bits per heavy atom. The number of methoxy groups -OCH3 is 1. The smallest absolute Gasteiger partial charge is 0.160 e. The summed E-state index contributed by atoms with van der Waals surface area (Å²) in [5.41, 5.74) is 3.18. The minimum absolute atomic E-state index is 0.791. The minimum Gasteiger partial charge on any atom is -0.497 e. The van der Waals surface area contributed by atoms with Gasteiger partial charge in [0.1, 0.15) is 5.75 Å². The van der Waals surface area contributed by atoms with Crippen LogP contribution >= 0.6 is 0 Å². The predicted octanol–water partition coefficient (Wildman–Crippen LogP) is 3.51. The van der Waals surface area contributed by atoms with E-state index in [1.807, 2.05) is 62.9 Å². The van der Waals surface area contributed by atoms with Crippen molar-refractivity contribution >= 4 is 11.9 Å². The van der Waals surface area contributed by atoms with Gasteiger partial charge >= 0.3 is 0 Å². The second-order valence-electron chi connectivity index (χ2n) is 5.55. The van der Waals surface area contributed by atoms with E-state index in [1.54, 1.807) is 18.0 Å². The molecule has 1 aromatic heterocycles. The average Bonchev–Trinajstić information content (AvgIpc) is 3.09. The van der Waals surface area contributed by atoms with E-state index in [0.717, 1.165) is 28.4 Å². The first kappa shape index (κ1) is 15.8. The van der Waals surface area contributed by atoms with Gasteiger partial charge in [-0.2, -0.15) is 5.10 Å². The van der Waals surface area contributed by atoms with Crippen LogP contribution in [0.3, 0.4) is 0 Å². The highest BCUT2D eigenvalue weighted by Crippen LogP contribution is 2.21. The number of rotatable bonds is 5. The summed E-state index contributed by atoms with van der Waals surface area (Å²) in [4.78, 5) is 6.46.